The average molecular weight is 369 g/mol. The van der Waals surface area contributed by atoms with Gasteiger partial charge in [0.1, 0.15) is 18.4 Å². The van der Waals surface area contributed by atoms with Crippen LogP contribution in [0.1, 0.15) is 18.9 Å². The van der Waals surface area contributed by atoms with Gasteiger partial charge >= 0.3 is 6.03 Å². The molecule has 142 valence electrons. The van der Waals surface area contributed by atoms with E-state index in [0.29, 0.717) is 19.7 Å². The van der Waals surface area contributed by atoms with E-state index in [-0.39, 0.29) is 6.03 Å². The van der Waals surface area contributed by atoms with Crippen molar-refractivity contribution in [3.8, 4) is 5.75 Å². The fourth-order valence-corrected chi connectivity index (χ4v) is 3.04. The van der Waals surface area contributed by atoms with Crippen molar-refractivity contribution in [2.75, 3.05) is 18.0 Å². The number of carbonyl (C=O) groups is 2. The number of carbonyl (C=O) groups excluding carboxylic acids is 2. The molecule has 27 heavy (non-hydrogen) atoms. The van der Waals surface area contributed by atoms with Crippen LogP contribution in [0.25, 0.3) is 0 Å². The maximum atomic E-state index is 12.7. The van der Waals surface area contributed by atoms with Crippen molar-refractivity contribution in [3.63, 3.8) is 0 Å². The number of urea groups is 1. The number of hydroxylamine groups is 1. The minimum atomic E-state index is -0.737. The van der Waals surface area contributed by atoms with E-state index >= 15 is 0 Å². The number of rotatable bonds is 6. The van der Waals surface area contributed by atoms with Crippen LogP contribution in [0.3, 0.4) is 0 Å². The van der Waals surface area contributed by atoms with E-state index in [0.717, 1.165) is 23.4 Å². The van der Waals surface area contributed by atoms with E-state index in [2.05, 4.69) is 0 Å². The Labute approximate surface area is 158 Å². The summed E-state index contributed by atoms with van der Waals surface area (Å²) in [6.45, 7) is 3.12. The van der Waals surface area contributed by atoms with Crippen molar-refractivity contribution >= 4 is 17.6 Å². The summed E-state index contributed by atoms with van der Waals surface area (Å²) in [5.41, 5.74) is 3.43. The van der Waals surface area contributed by atoms with Crippen LogP contribution in [0.15, 0.2) is 54.6 Å². The Balaban J connectivity index is 1.65. The van der Waals surface area contributed by atoms with Gasteiger partial charge in [0.2, 0.25) is 0 Å². The molecule has 0 aliphatic carbocycles. The fourth-order valence-electron chi connectivity index (χ4n) is 3.04. The van der Waals surface area contributed by atoms with Crippen molar-refractivity contribution in [1.29, 1.82) is 0 Å². The SMILES string of the molecule is CC(C(=O)NO)N1CCCN(c2ccc(OCc3ccccc3)cc2)C1=O. The molecule has 1 saturated heterocycles. The lowest BCUT2D eigenvalue weighted by Gasteiger charge is -2.38. The molecule has 1 atom stereocenters. The van der Waals surface area contributed by atoms with Gasteiger partial charge in [0.05, 0.1) is 0 Å². The van der Waals surface area contributed by atoms with Crippen molar-refractivity contribution in [3.05, 3.63) is 60.2 Å². The van der Waals surface area contributed by atoms with Gasteiger partial charge < -0.3 is 9.64 Å². The highest BCUT2D eigenvalue weighted by molar-refractivity contribution is 5.96. The molecular formula is C20H23N3O4. The fraction of sp³-hybridized carbons (Fsp3) is 0.300. The molecule has 0 aromatic heterocycles. The summed E-state index contributed by atoms with van der Waals surface area (Å²) >= 11 is 0. The molecule has 7 heteroatoms. The monoisotopic (exact) mass is 369 g/mol. The lowest BCUT2D eigenvalue weighted by Crippen LogP contribution is -2.56. The highest BCUT2D eigenvalue weighted by atomic mass is 16.5. The standard InChI is InChI=1S/C20H23N3O4/c1-15(19(24)21-26)22-12-5-13-23(20(22)25)17-8-10-18(11-9-17)27-14-16-6-3-2-4-7-16/h2-4,6-11,15,26H,5,12-14H2,1H3,(H,21,24). The maximum Gasteiger partial charge on any atom is 0.325 e. The first kappa shape index (κ1) is 18.7. The Hall–Kier alpha value is -3.06. The van der Waals surface area contributed by atoms with Crippen LogP contribution in [-0.2, 0) is 11.4 Å². The zero-order valence-corrected chi connectivity index (χ0v) is 15.2. The normalized spacial score (nSPS) is 15.4. The Morgan fingerprint density at radius 2 is 1.85 bits per heavy atom. The van der Waals surface area contributed by atoms with Gasteiger partial charge in [-0.15, -0.1) is 0 Å². The van der Waals surface area contributed by atoms with Gasteiger partial charge in [0, 0.05) is 18.8 Å². The molecule has 1 unspecified atom stereocenters. The van der Waals surface area contributed by atoms with Gasteiger partial charge in [-0.3, -0.25) is 14.9 Å². The number of hydrogen-bond acceptors (Lipinski definition) is 4. The van der Waals surface area contributed by atoms with E-state index in [9.17, 15) is 9.59 Å². The summed E-state index contributed by atoms with van der Waals surface area (Å²) in [4.78, 5) is 27.5. The highest BCUT2D eigenvalue weighted by Crippen LogP contribution is 2.24. The zero-order valence-electron chi connectivity index (χ0n) is 15.2. The summed E-state index contributed by atoms with van der Waals surface area (Å²) in [7, 11) is 0. The second kappa shape index (κ2) is 8.55. The molecular weight excluding hydrogens is 346 g/mol. The summed E-state index contributed by atoms with van der Waals surface area (Å²) in [5.74, 6) is 0.117. The van der Waals surface area contributed by atoms with E-state index in [1.807, 2.05) is 54.6 Å². The minimum absolute atomic E-state index is 0.254. The third-order valence-electron chi connectivity index (χ3n) is 4.61. The van der Waals surface area contributed by atoms with Crippen LogP contribution in [0.5, 0.6) is 5.75 Å². The number of anilines is 1. The molecule has 2 aromatic carbocycles. The van der Waals surface area contributed by atoms with E-state index in [1.54, 1.807) is 17.3 Å². The van der Waals surface area contributed by atoms with E-state index in [1.165, 1.54) is 4.90 Å². The first-order valence-corrected chi connectivity index (χ1v) is 8.89. The van der Waals surface area contributed by atoms with Gasteiger partial charge in [-0.1, -0.05) is 30.3 Å². The smallest absolute Gasteiger partial charge is 0.325 e. The molecule has 2 aromatic rings. The molecule has 7 nitrogen and oxygen atoms in total. The maximum absolute atomic E-state index is 12.7. The predicted molar refractivity (Wildman–Crippen MR) is 101 cm³/mol. The summed E-state index contributed by atoms with van der Waals surface area (Å²) in [5, 5.41) is 8.80. The first-order chi connectivity index (χ1) is 13.1. The summed E-state index contributed by atoms with van der Waals surface area (Å²) in [6.07, 6.45) is 0.737. The Morgan fingerprint density at radius 1 is 1.15 bits per heavy atom. The molecule has 1 aliphatic heterocycles. The largest absolute Gasteiger partial charge is 0.489 e. The molecule has 0 spiro atoms. The number of amides is 3. The summed E-state index contributed by atoms with van der Waals surface area (Å²) < 4.78 is 5.77. The lowest BCUT2D eigenvalue weighted by atomic mass is 10.2. The van der Waals surface area contributed by atoms with Gasteiger partial charge in [0.15, 0.2) is 0 Å². The van der Waals surface area contributed by atoms with Crippen LogP contribution in [0.2, 0.25) is 0 Å². The van der Waals surface area contributed by atoms with Crippen molar-refractivity contribution < 1.29 is 19.5 Å². The quantitative estimate of drug-likeness (QED) is 0.606. The molecule has 0 saturated carbocycles. The van der Waals surface area contributed by atoms with E-state index < -0.39 is 11.9 Å². The number of nitrogens with one attached hydrogen (secondary N) is 1. The molecule has 0 bridgehead atoms. The number of nitrogens with zero attached hydrogens (tertiary/aromatic N) is 2. The third-order valence-corrected chi connectivity index (χ3v) is 4.61. The molecule has 1 aliphatic rings. The second-order valence-electron chi connectivity index (χ2n) is 6.40. The summed E-state index contributed by atoms with van der Waals surface area (Å²) in [6, 6.07) is 16.2. The first-order valence-electron chi connectivity index (χ1n) is 8.89. The Morgan fingerprint density at radius 3 is 2.52 bits per heavy atom. The topological polar surface area (TPSA) is 82.1 Å². The Kier molecular flexibility index (Phi) is 5.93. The molecule has 1 fully saturated rings. The van der Waals surface area contributed by atoms with Crippen molar-refractivity contribution in [2.24, 2.45) is 0 Å². The minimum Gasteiger partial charge on any atom is -0.489 e. The third kappa shape index (κ3) is 4.38. The van der Waals surface area contributed by atoms with Crippen LogP contribution in [-0.4, -0.2) is 41.2 Å². The van der Waals surface area contributed by atoms with Gasteiger partial charge in [-0.2, -0.15) is 0 Å². The number of hydrogen-bond donors (Lipinski definition) is 2. The Bertz CT molecular complexity index is 780. The van der Waals surface area contributed by atoms with Crippen molar-refractivity contribution in [1.82, 2.24) is 10.4 Å². The molecule has 1 heterocycles. The molecule has 0 radical (unpaired) electrons. The lowest BCUT2D eigenvalue weighted by molar-refractivity contribution is -0.133. The molecule has 2 N–H and O–H groups in total. The van der Waals surface area contributed by atoms with Gasteiger partial charge in [-0.25, -0.2) is 10.3 Å². The highest BCUT2D eigenvalue weighted by Gasteiger charge is 2.33. The zero-order chi connectivity index (χ0) is 19.2. The van der Waals surface area contributed by atoms with Crippen LogP contribution >= 0.6 is 0 Å². The average Bonchev–Trinajstić information content (AvgIpc) is 2.72. The number of ether oxygens (including phenoxy) is 1. The second-order valence-corrected chi connectivity index (χ2v) is 6.40. The van der Waals surface area contributed by atoms with Gasteiger partial charge in [-0.05, 0) is 43.2 Å². The van der Waals surface area contributed by atoms with Crippen LogP contribution < -0.4 is 15.1 Å². The van der Waals surface area contributed by atoms with Crippen LogP contribution in [0.4, 0.5) is 10.5 Å². The molecule has 3 amide bonds. The van der Waals surface area contributed by atoms with Crippen LogP contribution in [0, 0.1) is 0 Å². The predicted octanol–water partition coefficient (Wildman–Crippen LogP) is 2.79. The number of benzene rings is 2. The molecule has 3 rings (SSSR count). The van der Waals surface area contributed by atoms with Crippen molar-refractivity contribution in [2.45, 2.75) is 26.0 Å². The van der Waals surface area contributed by atoms with E-state index in [4.69, 9.17) is 9.94 Å². The van der Waals surface area contributed by atoms with Gasteiger partial charge in [0.25, 0.3) is 5.91 Å².